The van der Waals surface area contributed by atoms with Crippen LogP contribution in [0.3, 0.4) is 0 Å². The van der Waals surface area contributed by atoms with Crippen molar-refractivity contribution in [2.24, 2.45) is 0 Å². The zero-order chi connectivity index (χ0) is 13.2. The average Bonchev–Trinajstić information content (AvgIpc) is 2.77. The summed E-state index contributed by atoms with van der Waals surface area (Å²) in [5.41, 5.74) is 1.51. The van der Waals surface area contributed by atoms with Crippen LogP contribution in [0.1, 0.15) is 10.4 Å². The predicted octanol–water partition coefficient (Wildman–Crippen LogP) is 2.15. The molecule has 0 unspecified atom stereocenters. The minimum Gasteiger partial charge on any atom is -0.267 e. The molecule has 0 fully saturated rings. The van der Waals surface area contributed by atoms with Gasteiger partial charge in [0.05, 0.1) is 10.3 Å². The number of nitrogens with one attached hydrogen (secondary N) is 1. The summed E-state index contributed by atoms with van der Waals surface area (Å²) in [5.74, 6) is 5.82. The van der Waals surface area contributed by atoms with Crippen LogP contribution >= 0.6 is 11.3 Å². The Morgan fingerprint density at radius 3 is 2.47 bits per heavy atom. The van der Waals surface area contributed by atoms with Crippen molar-refractivity contribution in [2.75, 3.05) is 11.2 Å². The van der Waals surface area contributed by atoms with Crippen molar-refractivity contribution in [1.82, 2.24) is 0 Å². The number of aromatic nitrogens is 1. The van der Waals surface area contributed by atoms with E-state index in [2.05, 4.69) is 5.32 Å². The first-order valence-electron chi connectivity index (χ1n) is 5.81. The van der Waals surface area contributed by atoms with Gasteiger partial charge in [0.2, 0.25) is 0 Å². The van der Waals surface area contributed by atoms with Crippen molar-refractivity contribution in [1.29, 1.82) is 0 Å². The number of hydrogen-bond donors (Lipinski definition) is 2. The average molecular weight is 270 g/mol. The molecule has 94 valence electrons. The van der Waals surface area contributed by atoms with Crippen LogP contribution in [0.4, 0.5) is 5.13 Å². The summed E-state index contributed by atoms with van der Waals surface area (Å²) < 4.78 is 2.54. The summed E-state index contributed by atoms with van der Waals surface area (Å²) in [6.07, 6.45) is 0. The molecule has 0 atom stereocenters. The van der Waals surface area contributed by atoms with Gasteiger partial charge in [0, 0.05) is 0 Å². The molecule has 3 aromatic rings. The molecule has 0 aliphatic carbocycles. The van der Waals surface area contributed by atoms with E-state index in [1.54, 1.807) is 12.1 Å². The number of nitrogens with two attached hydrogens (primary N) is 1. The number of nitrogen functional groups attached to an aromatic ring is 1. The van der Waals surface area contributed by atoms with E-state index in [4.69, 9.17) is 5.84 Å². The lowest BCUT2D eigenvalue weighted by Gasteiger charge is -1.96. The number of hydrogen-bond acceptors (Lipinski definition) is 3. The Kier molecular flexibility index (Phi) is 2.89. The van der Waals surface area contributed by atoms with Gasteiger partial charge in [-0.2, -0.15) is 5.32 Å². The number of carbonyl (C=O) groups excluding carboxylic acids is 1. The summed E-state index contributed by atoms with van der Waals surface area (Å²) >= 11 is 1.45. The standard InChI is InChI=1S/C14H11N3OS/c15-17-11-8-4-5-9-12(11)19-14(17)16-13(18)10-6-2-1-3-7-10/h1-9H,15H2/p+1. The largest absolute Gasteiger partial charge is 0.365 e. The van der Waals surface area contributed by atoms with E-state index in [1.165, 1.54) is 16.0 Å². The maximum absolute atomic E-state index is 12.1. The lowest BCUT2D eigenvalue weighted by Crippen LogP contribution is -2.45. The number of benzene rings is 2. The molecule has 0 aliphatic rings. The highest BCUT2D eigenvalue weighted by Crippen LogP contribution is 2.22. The van der Waals surface area contributed by atoms with Crippen LogP contribution in [-0.2, 0) is 0 Å². The van der Waals surface area contributed by atoms with Gasteiger partial charge >= 0.3 is 11.0 Å². The molecule has 0 bridgehead atoms. The van der Waals surface area contributed by atoms with Crippen molar-refractivity contribution in [3.05, 3.63) is 60.2 Å². The molecule has 1 heterocycles. The molecule has 0 saturated heterocycles. The third kappa shape index (κ3) is 2.15. The normalized spacial score (nSPS) is 10.5. The fourth-order valence-electron chi connectivity index (χ4n) is 1.85. The molecule has 3 rings (SSSR count). The first-order chi connectivity index (χ1) is 9.25. The maximum Gasteiger partial charge on any atom is 0.365 e. The van der Waals surface area contributed by atoms with Crippen molar-refractivity contribution in [3.8, 4) is 0 Å². The fourth-order valence-corrected chi connectivity index (χ4v) is 2.82. The highest BCUT2D eigenvalue weighted by atomic mass is 32.1. The first kappa shape index (κ1) is 11.7. The third-order valence-corrected chi connectivity index (χ3v) is 3.86. The second-order valence-electron chi connectivity index (χ2n) is 4.07. The van der Waals surface area contributed by atoms with Gasteiger partial charge in [-0.1, -0.05) is 30.3 Å². The molecule has 4 nitrogen and oxygen atoms in total. The highest BCUT2D eigenvalue weighted by molar-refractivity contribution is 7.21. The number of rotatable bonds is 2. The Hall–Kier alpha value is -2.40. The molecule has 1 aromatic heterocycles. The minimum absolute atomic E-state index is 0.161. The van der Waals surface area contributed by atoms with Gasteiger partial charge in [-0.3, -0.25) is 5.84 Å². The maximum atomic E-state index is 12.1. The quantitative estimate of drug-likeness (QED) is 0.554. The second-order valence-corrected chi connectivity index (χ2v) is 5.10. The Labute approximate surface area is 114 Å². The molecule has 0 radical (unpaired) electrons. The summed E-state index contributed by atoms with van der Waals surface area (Å²) in [4.78, 5) is 12.1. The van der Waals surface area contributed by atoms with Gasteiger partial charge in [-0.25, -0.2) is 4.79 Å². The van der Waals surface area contributed by atoms with Crippen molar-refractivity contribution >= 4 is 32.6 Å². The number of nitrogens with zero attached hydrogens (tertiary/aromatic N) is 1. The van der Waals surface area contributed by atoms with Crippen LogP contribution < -0.4 is 15.8 Å². The topological polar surface area (TPSA) is 59.0 Å². The number of para-hydroxylation sites is 1. The fraction of sp³-hybridized carbons (Fsp3) is 0. The zero-order valence-corrected chi connectivity index (χ0v) is 10.9. The predicted molar refractivity (Wildman–Crippen MR) is 76.6 cm³/mol. The Morgan fingerprint density at radius 2 is 1.74 bits per heavy atom. The SMILES string of the molecule is N[n+]1c(NC(=O)c2ccccc2)sc2ccccc21. The number of amides is 1. The van der Waals surface area contributed by atoms with E-state index in [9.17, 15) is 4.79 Å². The molecule has 5 heteroatoms. The highest BCUT2D eigenvalue weighted by Gasteiger charge is 2.20. The van der Waals surface area contributed by atoms with E-state index in [0.29, 0.717) is 10.7 Å². The third-order valence-electron chi connectivity index (χ3n) is 2.81. The molecule has 0 saturated carbocycles. The lowest BCUT2D eigenvalue weighted by molar-refractivity contribution is -0.592. The van der Waals surface area contributed by atoms with Crippen LogP contribution in [0.15, 0.2) is 54.6 Å². The van der Waals surface area contributed by atoms with Crippen LogP contribution in [0.2, 0.25) is 0 Å². The smallest absolute Gasteiger partial charge is 0.267 e. The number of thiazole rings is 1. The number of carbonyl (C=O) groups is 1. The van der Waals surface area contributed by atoms with E-state index in [0.717, 1.165) is 10.2 Å². The number of fused-ring (bicyclic) bond motifs is 1. The van der Waals surface area contributed by atoms with Gasteiger partial charge in [0.1, 0.15) is 0 Å². The molecule has 0 aliphatic heterocycles. The monoisotopic (exact) mass is 270 g/mol. The van der Waals surface area contributed by atoms with Gasteiger partial charge in [-0.15, -0.1) is 4.68 Å². The first-order valence-corrected chi connectivity index (χ1v) is 6.62. The van der Waals surface area contributed by atoms with Crippen LogP contribution in [-0.4, -0.2) is 5.91 Å². The molecular weight excluding hydrogens is 258 g/mol. The van der Waals surface area contributed by atoms with E-state index in [-0.39, 0.29) is 5.91 Å². The zero-order valence-electron chi connectivity index (χ0n) is 10.0. The summed E-state index contributed by atoms with van der Waals surface area (Å²) in [6.45, 7) is 0. The number of anilines is 1. The van der Waals surface area contributed by atoms with Crippen LogP contribution in [0.25, 0.3) is 10.2 Å². The van der Waals surface area contributed by atoms with Crippen molar-refractivity contribution < 1.29 is 9.47 Å². The molecular formula is C14H12N3OS+. The molecule has 2 aromatic carbocycles. The van der Waals surface area contributed by atoms with Gasteiger partial charge in [-0.05, 0) is 35.6 Å². The van der Waals surface area contributed by atoms with E-state index < -0.39 is 0 Å². The van der Waals surface area contributed by atoms with Gasteiger partial charge < -0.3 is 0 Å². The summed E-state index contributed by atoms with van der Waals surface area (Å²) in [5, 5.41) is 3.45. The molecule has 1 amide bonds. The second kappa shape index (κ2) is 4.70. The van der Waals surface area contributed by atoms with E-state index >= 15 is 0 Å². The lowest BCUT2D eigenvalue weighted by atomic mass is 10.2. The van der Waals surface area contributed by atoms with Gasteiger partial charge in [0.25, 0.3) is 0 Å². The summed E-state index contributed by atoms with van der Waals surface area (Å²) in [7, 11) is 0. The van der Waals surface area contributed by atoms with Crippen LogP contribution in [0.5, 0.6) is 0 Å². The molecule has 0 spiro atoms. The van der Waals surface area contributed by atoms with Gasteiger partial charge in [0.15, 0.2) is 5.52 Å². The Bertz CT molecular complexity index is 737. The Balaban J connectivity index is 1.94. The minimum atomic E-state index is -0.161. The Morgan fingerprint density at radius 1 is 1.05 bits per heavy atom. The molecule has 3 N–H and O–H groups in total. The van der Waals surface area contributed by atoms with Crippen molar-refractivity contribution in [3.63, 3.8) is 0 Å². The summed E-state index contributed by atoms with van der Waals surface area (Å²) in [6, 6.07) is 16.8. The van der Waals surface area contributed by atoms with Crippen molar-refractivity contribution in [2.45, 2.75) is 0 Å². The molecule has 19 heavy (non-hydrogen) atoms. The van der Waals surface area contributed by atoms with E-state index in [1.807, 2.05) is 42.5 Å². The van der Waals surface area contributed by atoms with Crippen LogP contribution in [0, 0.1) is 0 Å².